The van der Waals surface area contributed by atoms with Crippen LogP contribution in [0.4, 0.5) is 20.7 Å². The number of rotatable bonds is 7. The summed E-state index contributed by atoms with van der Waals surface area (Å²) in [6.07, 6.45) is -0.276. The highest BCUT2D eigenvalue weighted by Crippen LogP contribution is 2.37. The zero-order chi connectivity index (χ0) is 23.5. The molecule has 2 aromatic rings. The maximum absolute atomic E-state index is 14.8. The van der Waals surface area contributed by atoms with E-state index in [0.29, 0.717) is 5.56 Å². The van der Waals surface area contributed by atoms with Crippen LogP contribution in [0.2, 0.25) is 0 Å². The van der Waals surface area contributed by atoms with Crippen molar-refractivity contribution in [2.24, 2.45) is 16.6 Å². The molecule has 1 amide bonds. The molecule has 0 bridgehead atoms. The minimum Gasteiger partial charge on any atom is -0.441 e. The zero-order valence-corrected chi connectivity index (χ0v) is 17.6. The molecule has 1 atom stereocenters. The number of halogens is 1. The first kappa shape index (κ1) is 23.5. The molecule has 3 rings (SSSR count). The summed E-state index contributed by atoms with van der Waals surface area (Å²) in [5, 5.41) is 1.12. The van der Waals surface area contributed by atoms with Crippen molar-refractivity contribution in [1.82, 2.24) is 15.5 Å². The predicted octanol–water partition coefficient (Wildman–Crippen LogP) is 0.579. The fourth-order valence-electron chi connectivity index (χ4n) is 2.85. The molecule has 1 saturated heterocycles. The number of nitrogens with one attached hydrogen (secondary N) is 1. The van der Waals surface area contributed by atoms with Gasteiger partial charge >= 0.3 is 13.9 Å². The number of anilines is 1. The molecule has 15 heteroatoms. The number of nitrogens with two attached hydrogens (primary N) is 2. The molecule has 32 heavy (non-hydrogen) atoms. The van der Waals surface area contributed by atoms with Gasteiger partial charge in [-0.1, -0.05) is 0 Å². The van der Waals surface area contributed by atoms with Crippen molar-refractivity contribution in [3.63, 3.8) is 0 Å². The number of cyclic esters (lactones) is 1. The maximum Gasteiger partial charge on any atom is 0.469 e. The van der Waals surface area contributed by atoms with Gasteiger partial charge in [0.1, 0.15) is 11.9 Å². The number of hydrogen-bond donors (Lipinski definition) is 5. The van der Waals surface area contributed by atoms with Crippen LogP contribution in [0.1, 0.15) is 0 Å². The minimum atomic E-state index is -4.70. The molecule has 0 radical (unpaired) electrons. The SMILES string of the molecule is CN(N)NC(N)=Nc1ccc(-c2ccc(N3CC(COP(=O)(O)O)OC3=O)cc2F)cn1. The normalized spacial score (nSPS) is 17.1. The number of phosphoric acid groups is 1. The van der Waals surface area contributed by atoms with Crippen LogP contribution in [-0.4, -0.2) is 58.2 Å². The molecular weight excluding hydrogens is 448 g/mol. The highest BCUT2D eigenvalue weighted by molar-refractivity contribution is 7.46. The number of nitrogens with zero attached hydrogens (tertiary/aromatic N) is 4. The van der Waals surface area contributed by atoms with Gasteiger partial charge in [-0.3, -0.25) is 20.7 Å². The van der Waals surface area contributed by atoms with E-state index in [0.717, 1.165) is 16.1 Å². The van der Waals surface area contributed by atoms with Gasteiger partial charge in [0.15, 0.2) is 5.82 Å². The summed E-state index contributed by atoms with van der Waals surface area (Å²) in [6.45, 7) is -0.547. The average Bonchev–Trinajstić information content (AvgIpc) is 3.07. The number of pyridine rings is 1. The van der Waals surface area contributed by atoms with Crippen LogP contribution >= 0.6 is 7.82 Å². The molecule has 0 aliphatic carbocycles. The molecule has 13 nitrogen and oxygen atoms in total. The summed E-state index contributed by atoms with van der Waals surface area (Å²) in [6, 6.07) is 7.27. The molecule has 1 aliphatic heterocycles. The maximum atomic E-state index is 14.8. The highest BCUT2D eigenvalue weighted by atomic mass is 31.2. The van der Waals surface area contributed by atoms with Gasteiger partial charge in [-0.25, -0.2) is 18.7 Å². The van der Waals surface area contributed by atoms with Crippen molar-refractivity contribution in [3.8, 4) is 11.1 Å². The number of guanidine groups is 1. The average molecular weight is 469 g/mol. The largest absolute Gasteiger partial charge is 0.469 e. The summed E-state index contributed by atoms with van der Waals surface area (Å²) >= 11 is 0. The second-order valence-electron chi connectivity index (χ2n) is 6.69. The summed E-state index contributed by atoms with van der Waals surface area (Å²) < 4.78 is 34.9. The van der Waals surface area contributed by atoms with Crippen molar-refractivity contribution in [3.05, 3.63) is 42.3 Å². The van der Waals surface area contributed by atoms with E-state index >= 15 is 0 Å². The highest BCUT2D eigenvalue weighted by Gasteiger charge is 2.34. The number of benzene rings is 1. The van der Waals surface area contributed by atoms with E-state index in [1.165, 1.54) is 31.4 Å². The second-order valence-corrected chi connectivity index (χ2v) is 7.93. The number of ether oxygens (including phenoxy) is 1. The van der Waals surface area contributed by atoms with Crippen LogP contribution in [0.5, 0.6) is 0 Å². The Bertz CT molecular complexity index is 1060. The fourth-order valence-corrected chi connectivity index (χ4v) is 3.21. The Morgan fingerprint density at radius 1 is 1.47 bits per heavy atom. The predicted molar refractivity (Wildman–Crippen MR) is 112 cm³/mol. The van der Waals surface area contributed by atoms with Gasteiger partial charge in [0.2, 0.25) is 5.96 Å². The van der Waals surface area contributed by atoms with Gasteiger partial charge in [-0.05, 0) is 30.3 Å². The number of carbonyl (C=O) groups is 1. The van der Waals surface area contributed by atoms with Gasteiger partial charge < -0.3 is 20.3 Å². The summed E-state index contributed by atoms with van der Waals surface area (Å²) in [7, 11) is -3.17. The lowest BCUT2D eigenvalue weighted by Gasteiger charge is -2.14. The lowest BCUT2D eigenvalue weighted by atomic mass is 10.1. The van der Waals surface area contributed by atoms with E-state index in [-0.39, 0.29) is 29.6 Å². The van der Waals surface area contributed by atoms with E-state index in [4.69, 9.17) is 26.1 Å². The van der Waals surface area contributed by atoms with Crippen molar-refractivity contribution in [2.45, 2.75) is 6.10 Å². The van der Waals surface area contributed by atoms with Crippen molar-refractivity contribution in [2.75, 3.05) is 25.1 Å². The first-order chi connectivity index (χ1) is 15.0. The Labute approximate surface area is 181 Å². The van der Waals surface area contributed by atoms with Crippen LogP contribution in [0.15, 0.2) is 41.5 Å². The van der Waals surface area contributed by atoms with Crippen LogP contribution in [0.3, 0.4) is 0 Å². The van der Waals surface area contributed by atoms with Gasteiger partial charge in [-0.15, -0.1) is 0 Å². The Morgan fingerprint density at radius 2 is 2.22 bits per heavy atom. The molecule has 172 valence electrons. The van der Waals surface area contributed by atoms with Gasteiger partial charge in [0.25, 0.3) is 0 Å². The third-order valence-corrected chi connectivity index (χ3v) is 4.64. The summed E-state index contributed by atoms with van der Waals surface area (Å²) in [4.78, 5) is 38.8. The Hall–Kier alpha value is -3.13. The monoisotopic (exact) mass is 469 g/mol. The second kappa shape index (κ2) is 9.56. The zero-order valence-electron chi connectivity index (χ0n) is 16.8. The molecule has 7 N–H and O–H groups in total. The standard InChI is InChI=1S/C17H21FN7O6P/c1-24(20)23-16(19)22-15-5-2-10(7-21-15)13-4-3-11(6-14(13)18)25-8-12(31-17(25)26)9-30-32(27,28)29/h2-7,12H,8-9,20H2,1H3,(H2,27,28,29)(H3,19,21,22,23). The fraction of sp³-hybridized carbons (Fsp3) is 0.235. The van der Waals surface area contributed by atoms with Gasteiger partial charge in [0.05, 0.1) is 18.8 Å². The van der Waals surface area contributed by atoms with Crippen LogP contribution < -0.4 is 21.9 Å². The number of phosphoric ester groups is 1. The smallest absolute Gasteiger partial charge is 0.441 e. The molecule has 1 unspecified atom stereocenters. The lowest BCUT2D eigenvalue weighted by Crippen LogP contribution is -2.47. The van der Waals surface area contributed by atoms with E-state index in [9.17, 15) is 13.8 Å². The van der Waals surface area contributed by atoms with Crippen LogP contribution in [-0.2, 0) is 13.8 Å². The number of aromatic nitrogens is 1. The molecule has 1 fully saturated rings. The first-order valence-electron chi connectivity index (χ1n) is 9.05. The van der Waals surface area contributed by atoms with Crippen molar-refractivity contribution >= 4 is 31.4 Å². The topological polar surface area (TPSA) is 189 Å². The minimum absolute atomic E-state index is 0.0211. The third-order valence-electron chi connectivity index (χ3n) is 4.15. The van der Waals surface area contributed by atoms with Crippen LogP contribution in [0.25, 0.3) is 11.1 Å². The molecule has 2 heterocycles. The molecule has 1 aliphatic rings. The quantitative estimate of drug-likeness (QED) is 0.125. The van der Waals surface area contributed by atoms with Crippen LogP contribution in [0, 0.1) is 5.82 Å². The first-order valence-corrected chi connectivity index (χ1v) is 10.6. The number of aliphatic imine (C=N–C) groups is 1. The molecule has 1 aromatic heterocycles. The number of hydrogen-bond acceptors (Lipinski definition) is 8. The lowest BCUT2D eigenvalue weighted by molar-refractivity contribution is 0.0880. The Balaban J connectivity index is 1.71. The number of amides is 1. The summed E-state index contributed by atoms with van der Waals surface area (Å²) in [5.74, 6) is 5.08. The number of carbonyl (C=O) groups excluding carboxylic acids is 1. The summed E-state index contributed by atoms with van der Waals surface area (Å²) in [5.41, 5.74) is 9.11. The molecular formula is C17H21FN7O6P. The van der Waals surface area contributed by atoms with E-state index in [1.807, 2.05) is 0 Å². The molecule has 0 saturated carbocycles. The van der Waals surface area contributed by atoms with E-state index in [1.54, 1.807) is 6.07 Å². The Kier molecular flexibility index (Phi) is 7.03. The third kappa shape index (κ3) is 6.20. The Morgan fingerprint density at radius 3 is 2.81 bits per heavy atom. The van der Waals surface area contributed by atoms with Crippen molar-refractivity contribution < 1.29 is 32.8 Å². The van der Waals surface area contributed by atoms with E-state index < -0.39 is 32.4 Å². The number of hydrazine groups is 2. The van der Waals surface area contributed by atoms with Crippen molar-refractivity contribution in [1.29, 1.82) is 0 Å². The van der Waals surface area contributed by atoms with Gasteiger partial charge in [0, 0.05) is 24.4 Å². The molecule has 0 spiro atoms. The van der Waals surface area contributed by atoms with E-state index in [2.05, 4.69) is 19.9 Å². The van der Waals surface area contributed by atoms with Gasteiger partial charge in [-0.2, -0.15) is 10.1 Å². The molecule has 1 aromatic carbocycles.